The Labute approximate surface area is 204 Å². The van der Waals surface area contributed by atoms with Gasteiger partial charge in [0.05, 0.1) is 5.56 Å². The third-order valence-electron chi connectivity index (χ3n) is 6.37. The fourth-order valence-electron chi connectivity index (χ4n) is 4.40. The van der Waals surface area contributed by atoms with E-state index in [-0.39, 0.29) is 12.1 Å². The number of likely N-dealkylation sites (tertiary alicyclic amines) is 1. The van der Waals surface area contributed by atoms with E-state index in [0.717, 1.165) is 54.2 Å². The Morgan fingerprint density at radius 2 is 1.82 bits per heavy atom. The molecule has 2 aromatic carbocycles. The van der Waals surface area contributed by atoms with Gasteiger partial charge in [0, 0.05) is 42.5 Å². The zero-order chi connectivity index (χ0) is 24.1. The van der Waals surface area contributed by atoms with Crippen molar-refractivity contribution in [3.8, 4) is 16.2 Å². The maximum absolute atomic E-state index is 12.8. The van der Waals surface area contributed by atoms with Crippen LogP contribution in [0, 0.1) is 6.92 Å². The van der Waals surface area contributed by atoms with Gasteiger partial charge in [0.15, 0.2) is 0 Å². The van der Waals surface area contributed by atoms with Crippen LogP contribution in [-0.4, -0.2) is 54.5 Å². The molecule has 34 heavy (non-hydrogen) atoms. The average Bonchev–Trinajstić information content (AvgIpc) is 3.25. The van der Waals surface area contributed by atoms with Crippen LogP contribution in [-0.2, 0) is 6.42 Å². The van der Waals surface area contributed by atoms with Crippen molar-refractivity contribution < 1.29 is 14.3 Å². The first-order valence-corrected chi connectivity index (χ1v) is 12.4. The van der Waals surface area contributed by atoms with Gasteiger partial charge >= 0.3 is 6.09 Å². The quantitative estimate of drug-likeness (QED) is 0.522. The van der Waals surface area contributed by atoms with Gasteiger partial charge in [0.1, 0.15) is 5.75 Å². The lowest BCUT2D eigenvalue weighted by Crippen LogP contribution is -2.46. The highest BCUT2D eigenvalue weighted by Gasteiger charge is 2.26. The molecule has 2 heterocycles. The lowest BCUT2D eigenvalue weighted by Gasteiger charge is -2.36. The fraction of sp³-hybridized carbons (Fsp3) is 0.333. The van der Waals surface area contributed by atoms with E-state index in [2.05, 4.69) is 29.2 Å². The minimum atomic E-state index is -0.461. The zero-order valence-corrected chi connectivity index (χ0v) is 20.5. The molecule has 1 saturated heterocycles. The van der Waals surface area contributed by atoms with Crippen molar-refractivity contribution in [3.05, 3.63) is 76.7 Å². The zero-order valence-electron chi connectivity index (χ0n) is 19.7. The molecule has 0 aliphatic carbocycles. The number of piperidine rings is 1. The van der Waals surface area contributed by atoms with Crippen LogP contribution < -0.4 is 10.5 Å². The van der Waals surface area contributed by atoms with Crippen LogP contribution in [0.3, 0.4) is 0 Å². The molecule has 178 valence electrons. The number of benzene rings is 2. The summed E-state index contributed by atoms with van der Waals surface area (Å²) in [7, 11) is 1.81. The second-order valence-corrected chi connectivity index (χ2v) is 10.0. The Kier molecular flexibility index (Phi) is 7.65. The van der Waals surface area contributed by atoms with Crippen LogP contribution in [0.5, 0.6) is 5.75 Å². The number of hydrogen-bond acceptors (Lipinski definition) is 5. The molecular weight excluding hydrogens is 446 g/mol. The number of thiophene rings is 1. The summed E-state index contributed by atoms with van der Waals surface area (Å²) in [6, 6.07) is 19.7. The molecule has 7 heteroatoms. The van der Waals surface area contributed by atoms with Gasteiger partial charge in [-0.15, -0.1) is 11.3 Å². The summed E-state index contributed by atoms with van der Waals surface area (Å²) in [4.78, 5) is 30.6. The van der Waals surface area contributed by atoms with Crippen molar-refractivity contribution in [1.82, 2.24) is 9.80 Å². The molecule has 2 N–H and O–H groups in total. The van der Waals surface area contributed by atoms with E-state index in [4.69, 9.17) is 10.5 Å². The van der Waals surface area contributed by atoms with E-state index in [1.54, 1.807) is 23.1 Å². The highest BCUT2D eigenvalue weighted by Crippen LogP contribution is 2.34. The Balaban J connectivity index is 1.32. The van der Waals surface area contributed by atoms with Crippen molar-refractivity contribution in [2.45, 2.75) is 32.2 Å². The molecule has 0 saturated carbocycles. The molecule has 0 bridgehead atoms. The fourth-order valence-corrected chi connectivity index (χ4v) is 5.41. The first-order valence-electron chi connectivity index (χ1n) is 11.6. The summed E-state index contributed by atoms with van der Waals surface area (Å²) in [5.74, 6) is -0.00675. The number of nitrogens with zero attached hydrogens (tertiary/aromatic N) is 2. The molecule has 0 spiro atoms. The summed E-state index contributed by atoms with van der Waals surface area (Å²) in [5, 5.41) is 0. The SMILES string of the molecule is Cc1cc(C(N)=O)c(-c2cccc(OC(=O)N(C)C3CCN(CCc4ccccc4)CC3)c2)s1. The number of hydrogen-bond donors (Lipinski definition) is 1. The van der Waals surface area contributed by atoms with Crippen LogP contribution in [0.15, 0.2) is 60.7 Å². The molecular formula is C27H31N3O3S. The first kappa shape index (κ1) is 24.0. The third kappa shape index (κ3) is 5.85. The monoisotopic (exact) mass is 477 g/mol. The van der Waals surface area contributed by atoms with Crippen molar-refractivity contribution in [2.24, 2.45) is 5.73 Å². The molecule has 1 fully saturated rings. The minimum Gasteiger partial charge on any atom is -0.410 e. The number of aryl methyl sites for hydroxylation is 1. The predicted octanol–water partition coefficient (Wildman–Crippen LogP) is 4.96. The van der Waals surface area contributed by atoms with Crippen LogP contribution >= 0.6 is 11.3 Å². The number of ether oxygens (including phenoxy) is 1. The van der Waals surface area contributed by atoms with Crippen LogP contribution in [0.1, 0.15) is 33.6 Å². The van der Waals surface area contributed by atoms with Crippen molar-refractivity contribution in [2.75, 3.05) is 26.7 Å². The molecule has 0 radical (unpaired) electrons. The van der Waals surface area contributed by atoms with E-state index < -0.39 is 5.91 Å². The van der Waals surface area contributed by atoms with E-state index in [0.29, 0.717) is 11.3 Å². The Morgan fingerprint density at radius 1 is 1.09 bits per heavy atom. The van der Waals surface area contributed by atoms with Gasteiger partial charge in [-0.2, -0.15) is 0 Å². The molecule has 1 aliphatic rings. The predicted molar refractivity (Wildman–Crippen MR) is 136 cm³/mol. The normalized spacial score (nSPS) is 14.6. The van der Waals surface area contributed by atoms with Crippen molar-refractivity contribution >= 4 is 23.3 Å². The molecule has 2 amide bonds. The van der Waals surface area contributed by atoms with Gasteiger partial charge in [-0.3, -0.25) is 4.79 Å². The van der Waals surface area contributed by atoms with E-state index >= 15 is 0 Å². The smallest absolute Gasteiger partial charge is 0.410 e. The molecule has 0 unspecified atom stereocenters. The number of primary amides is 1. The number of nitrogens with two attached hydrogens (primary N) is 1. The summed E-state index contributed by atoms with van der Waals surface area (Å²) >= 11 is 1.50. The van der Waals surface area contributed by atoms with Crippen molar-refractivity contribution in [1.29, 1.82) is 0 Å². The molecule has 1 aliphatic heterocycles. The molecule has 3 aromatic rings. The van der Waals surface area contributed by atoms with Gasteiger partial charge in [0.25, 0.3) is 0 Å². The summed E-state index contributed by atoms with van der Waals surface area (Å²) in [6.07, 6.45) is 2.53. The van der Waals surface area contributed by atoms with Crippen LogP contribution in [0.25, 0.3) is 10.4 Å². The topological polar surface area (TPSA) is 75.9 Å². The molecule has 0 atom stereocenters. The average molecular weight is 478 g/mol. The van der Waals surface area contributed by atoms with Gasteiger partial charge < -0.3 is 20.3 Å². The number of carbonyl (C=O) groups is 2. The van der Waals surface area contributed by atoms with Gasteiger partial charge in [0.2, 0.25) is 5.91 Å². The molecule has 6 nitrogen and oxygen atoms in total. The first-order chi connectivity index (χ1) is 16.4. The minimum absolute atomic E-state index is 0.157. The van der Waals surface area contributed by atoms with E-state index in [1.165, 1.54) is 16.9 Å². The van der Waals surface area contributed by atoms with Gasteiger partial charge in [-0.05, 0) is 55.5 Å². The van der Waals surface area contributed by atoms with Crippen LogP contribution in [0.4, 0.5) is 4.79 Å². The van der Waals surface area contributed by atoms with Crippen molar-refractivity contribution in [3.63, 3.8) is 0 Å². The number of rotatable bonds is 7. The summed E-state index contributed by atoms with van der Waals surface area (Å²) in [6.45, 7) is 4.91. The van der Waals surface area contributed by atoms with Gasteiger partial charge in [-0.25, -0.2) is 4.79 Å². The Morgan fingerprint density at radius 3 is 2.53 bits per heavy atom. The maximum atomic E-state index is 12.8. The van der Waals surface area contributed by atoms with Crippen LogP contribution in [0.2, 0.25) is 0 Å². The highest BCUT2D eigenvalue weighted by atomic mass is 32.1. The summed E-state index contributed by atoms with van der Waals surface area (Å²) < 4.78 is 5.69. The summed E-state index contributed by atoms with van der Waals surface area (Å²) in [5.41, 5.74) is 8.19. The second kappa shape index (κ2) is 10.8. The standard InChI is InChI=1S/C27H31N3O3S/c1-19-17-24(26(28)31)25(34-19)21-9-6-10-23(18-21)33-27(32)29(2)22-12-15-30(16-13-22)14-11-20-7-4-3-5-8-20/h3-10,17-18,22H,11-16H2,1-2H3,(H2,28,31). The highest BCUT2D eigenvalue weighted by molar-refractivity contribution is 7.15. The number of carbonyl (C=O) groups excluding carboxylic acids is 2. The maximum Gasteiger partial charge on any atom is 0.415 e. The molecule has 1 aromatic heterocycles. The number of amides is 2. The van der Waals surface area contributed by atoms with E-state index in [9.17, 15) is 9.59 Å². The van der Waals surface area contributed by atoms with Gasteiger partial charge in [-0.1, -0.05) is 42.5 Å². The second-order valence-electron chi connectivity index (χ2n) is 8.78. The lowest BCUT2D eigenvalue weighted by molar-refractivity contribution is 0.100. The largest absolute Gasteiger partial charge is 0.415 e. The lowest BCUT2D eigenvalue weighted by atomic mass is 10.0. The third-order valence-corrected chi connectivity index (χ3v) is 7.47. The molecule has 4 rings (SSSR count). The Hall–Kier alpha value is -3.16. The Bertz CT molecular complexity index is 1140. The van der Waals surface area contributed by atoms with E-state index in [1.807, 2.05) is 32.2 Å².